The van der Waals surface area contributed by atoms with E-state index in [0.717, 1.165) is 17.5 Å². The SMILES string of the molecule is CC(=O)Oc1cc(CCc2ccccc2)cc(OC(C)=O)c1OC(C)=O. The van der Waals surface area contributed by atoms with Gasteiger partial charge in [0.25, 0.3) is 0 Å². The summed E-state index contributed by atoms with van der Waals surface area (Å²) in [4.78, 5) is 34.2. The fourth-order valence-electron chi connectivity index (χ4n) is 2.41. The zero-order chi connectivity index (χ0) is 19.1. The molecule has 0 aromatic heterocycles. The summed E-state index contributed by atoms with van der Waals surface area (Å²) < 4.78 is 15.4. The number of rotatable bonds is 6. The first kappa shape index (κ1) is 19.2. The Balaban J connectivity index is 2.39. The van der Waals surface area contributed by atoms with E-state index >= 15 is 0 Å². The van der Waals surface area contributed by atoms with E-state index in [1.54, 1.807) is 12.1 Å². The van der Waals surface area contributed by atoms with Crippen LogP contribution >= 0.6 is 0 Å². The molecule has 0 saturated carbocycles. The molecule has 0 N–H and O–H groups in total. The Hall–Kier alpha value is -3.15. The van der Waals surface area contributed by atoms with Gasteiger partial charge in [0.1, 0.15) is 0 Å². The van der Waals surface area contributed by atoms with Crippen LogP contribution in [0.1, 0.15) is 31.9 Å². The Morgan fingerprint density at radius 1 is 0.692 bits per heavy atom. The monoisotopic (exact) mass is 356 g/mol. The highest BCUT2D eigenvalue weighted by molar-refractivity contribution is 5.77. The van der Waals surface area contributed by atoms with Crippen molar-refractivity contribution in [3.63, 3.8) is 0 Å². The zero-order valence-corrected chi connectivity index (χ0v) is 14.9. The first-order valence-corrected chi connectivity index (χ1v) is 8.11. The van der Waals surface area contributed by atoms with E-state index in [9.17, 15) is 14.4 Å². The summed E-state index contributed by atoms with van der Waals surface area (Å²) in [6.07, 6.45) is 1.36. The Morgan fingerprint density at radius 3 is 1.62 bits per heavy atom. The number of carbonyl (C=O) groups excluding carboxylic acids is 3. The molecular formula is C20H20O6. The summed E-state index contributed by atoms with van der Waals surface area (Å²) >= 11 is 0. The standard InChI is InChI=1S/C20H20O6/c1-13(21)24-18-11-17(10-9-16-7-5-4-6-8-16)12-19(25-14(2)22)20(18)26-15(3)23/h4-8,11-12H,9-10H2,1-3H3. The van der Waals surface area contributed by atoms with Crippen molar-refractivity contribution < 1.29 is 28.6 Å². The van der Waals surface area contributed by atoms with Crippen molar-refractivity contribution in [3.8, 4) is 17.2 Å². The van der Waals surface area contributed by atoms with Crippen LogP contribution in [0, 0.1) is 0 Å². The summed E-state index contributed by atoms with van der Waals surface area (Å²) in [6, 6.07) is 13.1. The fourth-order valence-corrected chi connectivity index (χ4v) is 2.41. The van der Waals surface area contributed by atoms with Gasteiger partial charge in [-0.3, -0.25) is 14.4 Å². The maximum Gasteiger partial charge on any atom is 0.308 e. The Labute approximate surface area is 151 Å². The van der Waals surface area contributed by atoms with E-state index in [2.05, 4.69) is 0 Å². The number of aryl methyl sites for hydroxylation is 2. The van der Waals surface area contributed by atoms with E-state index < -0.39 is 17.9 Å². The summed E-state index contributed by atoms with van der Waals surface area (Å²) in [5.41, 5.74) is 1.91. The molecule has 0 fully saturated rings. The lowest BCUT2D eigenvalue weighted by Gasteiger charge is -2.15. The molecule has 0 spiro atoms. The molecule has 0 unspecified atom stereocenters. The highest BCUT2D eigenvalue weighted by Crippen LogP contribution is 2.39. The highest BCUT2D eigenvalue weighted by Gasteiger charge is 2.20. The predicted octanol–water partition coefficient (Wildman–Crippen LogP) is 3.25. The summed E-state index contributed by atoms with van der Waals surface area (Å²) in [5.74, 6) is -1.79. The van der Waals surface area contributed by atoms with Crippen molar-refractivity contribution >= 4 is 17.9 Å². The first-order chi connectivity index (χ1) is 12.3. The topological polar surface area (TPSA) is 78.9 Å². The Morgan fingerprint density at radius 2 is 1.15 bits per heavy atom. The minimum Gasteiger partial charge on any atom is -0.423 e. The van der Waals surface area contributed by atoms with E-state index in [4.69, 9.17) is 14.2 Å². The lowest BCUT2D eigenvalue weighted by molar-refractivity contribution is -0.135. The van der Waals surface area contributed by atoms with Gasteiger partial charge in [0, 0.05) is 20.8 Å². The quantitative estimate of drug-likeness (QED) is 0.584. The van der Waals surface area contributed by atoms with Crippen LogP contribution in [0.5, 0.6) is 17.2 Å². The van der Waals surface area contributed by atoms with Gasteiger partial charge < -0.3 is 14.2 Å². The third-order valence-electron chi connectivity index (χ3n) is 3.38. The molecule has 2 rings (SSSR count). The number of hydrogen-bond donors (Lipinski definition) is 0. The second kappa shape index (κ2) is 8.80. The van der Waals surface area contributed by atoms with Crippen molar-refractivity contribution in [1.82, 2.24) is 0 Å². The van der Waals surface area contributed by atoms with Gasteiger partial charge in [-0.05, 0) is 36.1 Å². The van der Waals surface area contributed by atoms with Crippen LogP contribution in [0.2, 0.25) is 0 Å². The normalized spacial score (nSPS) is 10.1. The average Bonchev–Trinajstić information content (AvgIpc) is 2.55. The van der Waals surface area contributed by atoms with Crippen LogP contribution in [0.25, 0.3) is 0 Å². The van der Waals surface area contributed by atoms with Crippen LogP contribution in [-0.4, -0.2) is 17.9 Å². The molecule has 0 saturated heterocycles. The molecule has 2 aromatic carbocycles. The summed E-state index contributed by atoms with van der Waals surface area (Å²) in [6.45, 7) is 3.68. The molecular weight excluding hydrogens is 336 g/mol. The van der Waals surface area contributed by atoms with Crippen molar-refractivity contribution in [3.05, 3.63) is 53.6 Å². The van der Waals surface area contributed by atoms with E-state index in [1.165, 1.54) is 20.8 Å². The average molecular weight is 356 g/mol. The van der Waals surface area contributed by atoms with E-state index in [-0.39, 0.29) is 17.2 Å². The Kier molecular flexibility index (Phi) is 6.49. The van der Waals surface area contributed by atoms with Gasteiger partial charge >= 0.3 is 17.9 Å². The van der Waals surface area contributed by atoms with Crippen LogP contribution in [0.3, 0.4) is 0 Å². The number of hydrogen-bond acceptors (Lipinski definition) is 6. The molecule has 26 heavy (non-hydrogen) atoms. The van der Waals surface area contributed by atoms with Crippen molar-refractivity contribution in [2.75, 3.05) is 0 Å². The van der Waals surface area contributed by atoms with Gasteiger partial charge in [0.05, 0.1) is 0 Å². The molecule has 0 amide bonds. The molecule has 6 nitrogen and oxygen atoms in total. The molecule has 0 aliphatic carbocycles. The molecule has 0 atom stereocenters. The van der Waals surface area contributed by atoms with Crippen LogP contribution in [-0.2, 0) is 27.2 Å². The van der Waals surface area contributed by atoms with Gasteiger partial charge in [-0.2, -0.15) is 0 Å². The molecule has 0 aliphatic rings. The van der Waals surface area contributed by atoms with Crippen LogP contribution in [0.4, 0.5) is 0 Å². The van der Waals surface area contributed by atoms with E-state index in [1.807, 2.05) is 30.3 Å². The minimum absolute atomic E-state index is 0.0366. The zero-order valence-electron chi connectivity index (χ0n) is 14.9. The van der Waals surface area contributed by atoms with Gasteiger partial charge in [-0.1, -0.05) is 30.3 Å². The number of esters is 3. The molecule has 2 aromatic rings. The summed E-state index contributed by atoms with van der Waals surface area (Å²) in [5, 5.41) is 0. The fraction of sp³-hybridized carbons (Fsp3) is 0.250. The minimum atomic E-state index is -0.621. The van der Waals surface area contributed by atoms with Crippen LogP contribution < -0.4 is 14.2 Å². The van der Waals surface area contributed by atoms with Crippen molar-refractivity contribution in [1.29, 1.82) is 0 Å². The highest BCUT2D eigenvalue weighted by atomic mass is 16.6. The lowest BCUT2D eigenvalue weighted by atomic mass is 10.0. The third kappa shape index (κ3) is 5.73. The lowest BCUT2D eigenvalue weighted by Crippen LogP contribution is -2.11. The Bertz CT molecular complexity index is 773. The van der Waals surface area contributed by atoms with Crippen LogP contribution in [0.15, 0.2) is 42.5 Å². The van der Waals surface area contributed by atoms with Gasteiger partial charge in [0.2, 0.25) is 5.75 Å². The number of ether oxygens (including phenoxy) is 3. The molecule has 0 radical (unpaired) electrons. The van der Waals surface area contributed by atoms with Crippen molar-refractivity contribution in [2.45, 2.75) is 33.6 Å². The second-order valence-electron chi connectivity index (χ2n) is 5.69. The first-order valence-electron chi connectivity index (χ1n) is 8.11. The smallest absolute Gasteiger partial charge is 0.308 e. The summed E-state index contributed by atoms with van der Waals surface area (Å²) in [7, 11) is 0. The molecule has 6 heteroatoms. The van der Waals surface area contributed by atoms with Crippen molar-refractivity contribution in [2.24, 2.45) is 0 Å². The molecule has 0 bridgehead atoms. The molecule has 136 valence electrons. The predicted molar refractivity (Wildman–Crippen MR) is 94.2 cm³/mol. The third-order valence-corrected chi connectivity index (χ3v) is 3.38. The number of benzene rings is 2. The largest absolute Gasteiger partial charge is 0.423 e. The molecule has 0 aliphatic heterocycles. The molecule has 0 heterocycles. The second-order valence-corrected chi connectivity index (χ2v) is 5.69. The van der Waals surface area contributed by atoms with Gasteiger partial charge in [-0.15, -0.1) is 0 Å². The number of carbonyl (C=O) groups is 3. The maximum absolute atomic E-state index is 11.4. The van der Waals surface area contributed by atoms with Gasteiger partial charge in [0.15, 0.2) is 11.5 Å². The van der Waals surface area contributed by atoms with Gasteiger partial charge in [-0.25, -0.2) is 0 Å². The maximum atomic E-state index is 11.4. The van der Waals surface area contributed by atoms with E-state index in [0.29, 0.717) is 6.42 Å².